The van der Waals surface area contributed by atoms with Crippen LogP contribution < -0.4 is 4.90 Å². The van der Waals surface area contributed by atoms with E-state index in [2.05, 4.69) is 56.6 Å². The summed E-state index contributed by atoms with van der Waals surface area (Å²) in [6.45, 7) is 13.7. The zero-order valence-corrected chi connectivity index (χ0v) is 14.3. The minimum absolute atomic E-state index is 0.472. The first-order chi connectivity index (χ1) is 10.1. The Bertz CT molecular complexity index is 434. The van der Waals surface area contributed by atoms with Crippen molar-refractivity contribution in [1.82, 2.24) is 9.88 Å². The molecule has 3 nitrogen and oxygen atoms in total. The van der Waals surface area contributed by atoms with E-state index in [0.717, 1.165) is 0 Å². The number of likely N-dealkylation sites (tertiary alicyclic amines) is 1. The van der Waals surface area contributed by atoms with Gasteiger partial charge in [-0.1, -0.05) is 13.0 Å². The largest absolute Gasteiger partial charge is 0.351 e. The van der Waals surface area contributed by atoms with Crippen molar-refractivity contribution in [3.8, 4) is 0 Å². The second-order valence-electron chi connectivity index (χ2n) is 6.70. The van der Waals surface area contributed by atoms with Gasteiger partial charge < -0.3 is 4.90 Å². The summed E-state index contributed by atoms with van der Waals surface area (Å²) >= 11 is 0. The van der Waals surface area contributed by atoms with Crippen molar-refractivity contribution < 1.29 is 0 Å². The number of aromatic nitrogens is 1. The highest BCUT2D eigenvalue weighted by Crippen LogP contribution is 2.37. The van der Waals surface area contributed by atoms with Crippen LogP contribution in [0.5, 0.6) is 0 Å². The van der Waals surface area contributed by atoms with E-state index in [1.165, 1.54) is 43.7 Å². The smallest absolute Gasteiger partial charge is 0.133 e. The average Bonchev–Trinajstić information content (AvgIpc) is 2.87. The summed E-state index contributed by atoms with van der Waals surface area (Å²) in [7, 11) is 0. The monoisotopic (exact) mass is 289 g/mol. The molecule has 1 aromatic rings. The minimum atomic E-state index is 0.472. The zero-order chi connectivity index (χ0) is 15.4. The lowest BCUT2D eigenvalue weighted by Gasteiger charge is -2.35. The molecule has 0 N–H and O–H groups in total. The highest BCUT2D eigenvalue weighted by Gasteiger charge is 2.30. The summed E-state index contributed by atoms with van der Waals surface area (Å²) in [4.78, 5) is 9.85. The van der Waals surface area contributed by atoms with Crippen LogP contribution >= 0.6 is 0 Å². The van der Waals surface area contributed by atoms with Gasteiger partial charge in [-0.2, -0.15) is 0 Å². The fraction of sp³-hybridized carbons (Fsp3) is 0.722. The fourth-order valence-corrected chi connectivity index (χ4v) is 3.70. The molecule has 0 bridgehead atoms. The molecule has 1 atom stereocenters. The SMILES string of the molecule is CCCN1CCC[C@@H]1c1cccnc1N(C(C)C)C(C)C. The summed E-state index contributed by atoms with van der Waals surface area (Å²) < 4.78 is 0. The van der Waals surface area contributed by atoms with Crippen molar-refractivity contribution in [2.75, 3.05) is 18.0 Å². The average molecular weight is 289 g/mol. The van der Waals surface area contributed by atoms with Gasteiger partial charge >= 0.3 is 0 Å². The third-order valence-corrected chi connectivity index (χ3v) is 4.41. The normalized spacial score (nSPS) is 19.7. The van der Waals surface area contributed by atoms with Crippen molar-refractivity contribution in [2.45, 2.75) is 72.0 Å². The van der Waals surface area contributed by atoms with Crippen LogP contribution in [0, 0.1) is 0 Å². The molecule has 1 saturated heterocycles. The van der Waals surface area contributed by atoms with E-state index in [1.807, 2.05) is 6.20 Å². The Kier molecular flexibility index (Phi) is 5.63. The summed E-state index contributed by atoms with van der Waals surface area (Å²) in [6, 6.07) is 5.88. The Morgan fingerprint density at radius 3 is 2.62 bits per heavy atom. The number of nitrogens with zero attached hydrogens (tertiary/aromatic N) is 3. The van der Waals surface area contributed by atoms with Crippen LogP contribution in [0.1, 0.15) is 65.5 Å². The second-order valence-corrected chi connectivity index (χ2v) is 6.70. The van der Waals surface area contributed by atoms with Crippen molar-refractivity contribution in [3.63, 3.8) is 0 Å². The van der Waals surface area contributed by atoms with E-state index in [1.54, 1.807) is 0 Å². The molecule has 0 amide bonds. The lowest BCUT2D eigenvalue weighted by Crippen LogP contribution is -2.39. The molecule has 0 aliphatic carbocycles. The van der Waals surface area contributed by atoms with Gasteiger partial charge in [-0.05, 0) is 66.1 Å². The fourth-order valence-electron chi connectivity index (χ4n) is 3.70. The summed E-state index contributed by atoms with van der Waals surface area (Å²) in [5.74, 6) is 1.19. The number of hydrogen-bond donors (Lipinski definition) is 0. The Hall–Kier alpha value is -1.09. The molecular formula is C18H31N3. The molecule has 21 heavy (non-hydrogen) atoms. The van der Waals surface area contributed by atoms with Gasteiger partial charge in [0.25, 0.3) is 0 Å². The first kappa shape index (κ1) is 16.3. The van der Waals surface area contributed by atoms with E-state index in [-0.39, 0.29) is 0 Å². The minimum Gasteiger partial charge on any atom is -0.351 e. The van der Waals surface area contributed by atoms with Crippen LogP contribution in [0.2, 0.25) is 0 Å². The van der Waals surface area contributed by atoms with Crippen LogP contribution in [0.4, 0.5) is 5.82 Å². The maximum Gasteiger partial charge on any atom is 0.133 e. The van der Waals surface area contributed by atoms with Gasteiger partial charge in [-0.3, -0.25) is 4.90 Å². The summed E-state index contributed by atoms with van der Waals surface area (Å²) in [5.41, 5.74) is 1.42. The van der Waals surface area contributed by atoms with Crippen LogP contribution in [0.3, 0.4) is 0 Å². The Balaban J connectivity index is 2.36. The first-order valence-electron chi connectivity index (χ1n) is 8.53. The summed E-state index contributed by atoms with van der Waals surface area (Å²) in [6.07, 6.45) is 5.74. The lowest BCUT2D eigenvalue weighted by atomic mass is 10.0. The lowest BCUT2D eigenvalue weighted by molar-refractivity contribution is 0.257. The van der Waals surface area contributed by atoms with Crippen LogP contribution in [0.15, 0.2) is 18.3 Å². The first-order valence-corrected chi connectivity index (χ1v) is 8.53. The Morgan fingerprint density at radius 1 is 1.29 bits per heavy atom. The Morgan fingerprint density at radius 2 is 2.00 bits per heavy atom. The van der Waals surface area contributed by atoms with Gasteiger partial charge in [-0.25, -0.2) is 4.98 Å². The number of hydrogen-bond acceptors (Lipinski definition) is 3. The number of rotatable bonds is 6. The molecule has 2 rings (SSSR count). The number of pyridine rings is 1. The maximum absolute atomic E-state index is 4.76. The predicted molar refractivity (Wildman–Crippen MR) is 90.8 cm³/mol. The van der Waals surface area contributed by atoms with E-state index in [0.29, 0.717) is 18.1 Å². The van der Waals surface area contributed by atoms with E-state index >= 15 is 0 Å². The zero-order valence-electron chi connectivity index (χ0n) is 14.3. The van der Waals surface area contributed by atoms with Gasteiger partial charge in [0.1, 0.15) is 5.82 Å². The van der Waals surface area contributed by atoms with Crippen LogP contribution in [-0.4, -0.2) is 35.1 Å². The third-order valence-electron chi connectivity index (χ3n) is 4.41. The Labute approximate surface area is 130 Å². The van der Waals surface area contributed by atoms with Crippen molar-refractivity contribution in [3.05, 3.63) is 23.9 Å². The predicted octanol–water partition coefficient (Wildman–Crippen LogP) is 4.25. The third kappa shape index (κ3) is 3.57. The maximum atomic E-state index is 4.76. The molecule has 0 saturated carbocycles. The standard InChI is InChI=1S/C18H31N3/c1-6-12-20-13-8-10-17(20)16-9-7-11-19-18(16)21(14(2)3)15(4)5/h7,9,11,14-15,17H,6,8,10,12-13H2,1-5H3/t17-/m1/s1. The molecule has 3 heteroatoms. The van der Waals surface area contributed by atoms with E-state index in [4.69, 9.17) is 4.98 Å². The molecule has 1 aliphatic rings. The molecule has 0 radical (unpaired) electrons. The molecule has 1 fully saturated rings. The summed E-state index contributed by atoms with van der Waals surface area (Å²) in [5, 5.41) is 0. The molecule has 0 spiro atoms. The highest BCUT2D eigenvalue weighted by atomic mass is 15.2. The van der Waals surface area contributed by atoms with Gasteiger partial charge in [0.2, 0.25) is 0 Å². The quantitative estimate of drug-likeness (QED) is 0.780. The van der Waals surface area contributed by atoms with Gasteiger partial charge in [0.05, 0.1) is 0 Å². The second kappa shape index (κ2) is 7.26. The molecular weight excluding hydrogens is 258 g/mol. The van der Waals surface area contributed by atoms with Crippen LogP contribution in [-0.2, 0) is 0 Å². The van der Waals surface area contributed by atoms with Gasteiger partial charge in [0, 0.05) is 29.9 Å². The van der Waals surface area contributed by atoms with E-state index in [9.17, 15) is 0 Å². The van der Waals surface area contributed by atoms with Crippen molar-refractivity contribution in [2.24, 2.45) is 0 Å². The van der Waals surface area contributed by atoms with Gasteiger partial charge in [0.15, 0.2) is 0 Å². The molecule has 1 aromatic heterocycles. The van der Waals surface area contributed by atoms with Crippen LogP contribution in [0.25, 0.3) is 0 Å². The van der Waals surface area contributed by atoms with E-state index < -0.39 is 0 Å². The van der Waals surface area contributed by atoms with Crippen molar-refractivity contribution in [1.29, 1.82) is 0 Å². The molecule has 0 aromatic carbocycles. The molecule has 1 aliphatic heterocycles. The highest BCUT2D eigenvalue weighted by molar-refractivity contribution is 5.50. The van der Waals surface area contributed by atoms with Gasteiger partial charge in [-0.15, -0.1) is 0 Å². The topological polar surface area (TPSA) is 19.4 Å². The van der Waals surface area contributed by atoms with Crippen molar-refractivity contribution >= 4 is 5.82 Å². The number of anilines is 1. The molecule has 2 heterocycles. The molecule has 118 valence electrons. The molecule has 0 unspecified atom stereocenters.